The van der Waals surface area contributed by atoms with Crippen molar-refractivity contribution >= 4 is 28.4 Å². The number of nitrogens with one attached hydrogen (secondary N) is 1. The van der Waals surface area contributed by atoms with Gasteiger partial charge in [-0.2, -0.15) is 13.2 Å². The zero-order valence-corrected chi connectivity index (χ0v) is 19.4. The maximum atomic E-state index is 13.2. The molecule has 1 amide bonds. The van der Waals surface area contributed by atoms with E-state index in [1.165, 1.54) is 5.56 Å². The van der Waals surface area contributed by atoms with Gasteiger partial charge in [-0.25, -0.2) is 0 Å². The number of H-pyrrole nitrogens is 1. The van der Waals surface area contributed by atoms with Gasteiger partial charge in [0.05, 0.1) is 12.0 Å². The van der Waals surface area contributed by atoms with Crippen molar-refractivity contribution in [3.05, 3.63) is 34.5 Å². The Balaban J connectivity index is 1.45. The molecular formula is C24H31ClF3N3O. The molecule has 1 aromatic heterocycles. The van der Waals surface area contributed by atoms with Crippen LogP contribution in [0.25, 0.3) is 10.9 Å². The highest BCUT2D eigenvalue weighted by Crippen LogP contribution is 2.39. The molecule has 3 heterocycles. The summed E-state index contributed by atoms with van der Waals surface area (Å²) in [6.07, 6.45) is -1.89. The van der Waals surface area contributed by atoms with Crippen molar-refractivity contribution in [1.29, 1.82) is 0 Å². The molecule has 2 aromatic rings. The lowest BCUT2D eigenvalue weighted by atomic mass is 9.91. The van der Waals surface area contributed by atoms with Gasteiger partial charge in [-0.15, -0.1) is 0 Å². The smallest absolute Gasteiger partial charge is 0.356 e. The molecule has 176 valence electrons. The molecule has 32 heavy (non-hydrogen) atoms. The van der Waals surface area contributed by atoms with Gasteiger partial charge in [-0.3, -0.25) is 4.79 Å². The van der Waals surface area contributed by atoms with Crippen LogP contribution in [-0.2, 0) is 11.2 Å². The number of piperidine rings is 1. The first-order valence-electron chi connectivity index (χ1n) is 11.5. The summed E-state index contributed by atoms with van der Waals surface area (Å²) in [6.45, 7) is 6.28. The molecule has 0 bridgehead atoms. The van der Waals surface area contributed by atoms with Crippen LogP contribution in [0, 0.1) is 11.8 Å². The molecule has 0 radical (unpaired) electrons. The lowest BCUT2D eigenvalue weighted by Gasteiger charge is -2.38. The third-order valence-corrected chi connectivity index (χ3v) is 7.16. The van der Waals surface area contributed by atoms with Crippen molar-refractivity contribution in [3.63, 3.8) is 0 Å². The molecule has 4 nitrogen and oxygen atoms in total. The van der Waals surface area contributed by atoms with Gasteiger partial charge >= 0.3 is 6.18 Å². The molecule has 1 atom stereocenters. The van der Waals surface area contributed by atoms with Gasteiger partial charge in [0.2, 0.25) is 5.91 Å². The summed E-state index contributed by atoms with van der Waals surface area (Å²) in [5.41, 5.74) is 3.38. The number of amides is 1. The summed E-state index contributed by atoms with van der Waals surface area (Å²) in [5.74, 6) is -0.713. The van der Waals surface area contributed by atoms with E-state index < -0.39 is 12.1 Å². The van der Waals surface area contributed by atoms with Crippen LogP contribution in [0.2, 0.25) is 5.02 Å². The minimum atomic E-state index is -4.11. The standard InChI is InChI=1S/C24H31ClF3N3O/c1-15(2)13-21-23-18(19-14-17(25)3-4-20(19)29-23)7-12-31(21)22(32)8-11-30-9-5-16(6-10-30)24(26,27)28/h3-4,14-16,21,29H,5-13H2,1-2H3. The molecule has 0 spiro atoms. The second-order valence-corrected chi connectivity index (χ2v) is 10.0. The van der Waals surface area contributed by atoms with Gasteiger partial charge in [0.1, 0.15) is 0 Å². The predicted molar refractivity (Wildman–Crippen MR) is 121 cm³/mol. The first-order chi connectivity index (χ1) is 15.1. The second-order valence-electron chi connectivity index (χ2n) is 9.60. The number of benzene rings is 1. The average molecular weight is 470 g/mol. The summed E-state index contributed by atoms with van der Waals surface area (Å²) in [6, 6.07) is 5.82. The van der Waals surface area contributed by atoms with E-state index in [0.29, 0.717) is 43.5 Å². The fourth-order valence-electron chi connectivity index (χ4n) is 5.21. The number of hydrogen-bond donors (Lipinski definition) is 1. The highest BCUT2D eigenvalue weighted by molar-refractivity contribution is 6.31. The highest BCUT2D eigenvalue weighted by atomic mass is 35.5. The first kappa shape index (κ1) is 23.4. The molecule has 1 unspecified atom stereocenters. The largest absolute Gasteiger partial charge is 0.391 e. The Morgan fingerprint density at radius 2 is 1.94 bits per heavy atom. The summed E-state index contributed by atoms with van der Waals surface area (Å²) >= 11 is 6.22. The second kappa shape index (κ2) is 9.26. The Bertz CT molecular complexity index is 963. The van der Waals surface area contributed by atoms with Crippen LogP contribution in [0.3, 0.4) is 0 Å². The molecule has 2 aliphatic heterocycles. The van der Waals surface area contributed by atoms with Crippen molar-refractivity contribution < 1.29 is 18.0 Å². The maximum Gasteiger partial charge on any atom is 0.391 e. The SMILES string of the molecule is CC(C)CC1c2[nH]c3ccc(Cl)cc3c2CCN1C(=O)CCN1CCC(C(F)(F)F)CC1. The van der Waals surface area contributed by atoms with Gasteiger partial charge in [0.25, 0.3) is 0 Å². The average Bonchev–Trinajstić information content (AvgIpc) is 3.10. The number of nitrogens with zero attached hydrogens (tertiary/aromatic N) is 2. The molecule has 0 saturated carbocycles. The van der Waals surface area contributed by atoms with Crippen molar-refractivity contribution in [1.82, 2.24) is 14.8 Å². The van der Waals surface area contributed by atoms with E-state index in [1.54, 1.807) is 0 Å². The van der Waals surface area contributed by atoms with E-state index >= 15 is 0 Å². The van der Waals surface area contributed by atoms with Crippen LogP contribution in [-0.4, -0.2) is 53.0 Å². The molecule has 8 heteroatoms. The summed E-state index contributed by atoms with van der Waals surface area (Å²) < 4.78 is 38.7. The van der Waals surface area contributed by atoms with Gasteiger partial charge < -0.3 is 14.8 Å². The Kier molecular flexibility index (Phi) is 6.78. The van der Waals surface area contributed by atoms with E-state index in [-0.39, 0.29) is 24.8 Å². The van der Waals surface area contributed by atoms with Crippen molar-refractivity contribution in [3.8, 4) is 0 Å². The Hall–Kier alpha value is -1.73. The minimum Gasteiger partial charge on any atom is -0.356 e. The monoisotopic (exact) mass is 469 g/mol. The number of halogens is 4. The Morgan fingerprint density at radius 3 is 2.59 bits per heavy atom. The molecule has 1 saturated heterocycles. The quantitative estimate of drug-likeness (QED) is 0.587. The maximum absolute atomic E-state index is 13.2. The minimum absolute atomic E-state index is 0.0200. The number of fused-ring (bicyclic) bond motifs is 3. The number of carbonyl (C=O) groups excluding carboxylic acids is 1. The van der Waals surface area contributed by atoms with Crippen LogP contribution in [0.5, 0.6) is 0 Å². The molecule has 1 N–H and O–H groups in total. The van der Waals surface area contributed by atoms with Crippen molar-refractivity contribution in [2.45, 2.75) is 58.2 Å². The fourth-order valence-corrected chi connectivity index (χ4v) is 5.38. The number of rotatable bonds is 5. The summed E-state index contributed by atoms with van der Waals surface area (Å²) in [7, 11) is 0. The molecule has 1 aromatic carbocycles. The van der Waals surface area contributed by atoms with Crippen LogP contribution in [0.4, 0.5) is 13.2 Å². The lowest BCUT2D eigenvalue weighted by Crippen LogP contribution is -2.43. The fraction of sp³-hybridized carbons (Fsp3) is 0.625. The van der Waals surface area contributed by atoms with E-state index in [9.17, 15) is 18.0 Å². The lowest BCUT2D eigenvalue weighted by molar-refractivity contribution is -0.185. The van der Waals surface area contributed by atoms with Crippen LogP contribution < -0.4 is 0 Å². The van der Waals surface area contributed by atoms with Crippen LogP contribution in [0.1, 0.15) is 56.8 Å². The molecule has 4 rings (SSSR count). The summed E-state index contributed by atoms with van der Waals surface area (Å²) in [5, 5.41) is 1.83. The topological polar surface area (TPSA) is 39.3 Å². The number of likely N-dealkylation sites (tertiary alicyclic amines) is 1. The van der Waals surface area contributed by atoms with Gasteiger partial charge in [0, 0.05) is 41.1 Å². The number of carbonyl (C=O) groups is 1. The van der Waals surface area contributed by atoms with Crippen LogP contribution >= 0.6 is 11.6 Å². The molecule has 1 fully saturated rings. The third kappa shape index (κ3) is 4.93. The Morgan fingerprint density at radius 1 is 1.22 bits per heavy atom. The first-order valence-corrected chi connectivity index (χ1v) is 11.9. The number of alkyl halides is 3. The molecule has 0 aliphatic carbocycles. The normalized spacial score (nSPS) is 20.8. The van der Waals surface area contributed by atoms with E-state index in [0.717, 1.165) is 29.4 Å². The van der Waals surface area contributed by atoms with Crippen molar-refractivity contribution in [2.24, 2.45) is 11.8 Å². The van der Waals surface area contributed by atoms with E-state index in [4.69, 9.17) is 11.6 Å². The van der Waals surface area contributed by atoms with E-state index in [1.807, 2.05) is 28.0 Å². The number of aromatic amines is 1. The summed E-state index contributed by atoms with van der Waals surface area (Å²) in [4.78, 5) is 20.7. The Labute approximate surface area is 192 Å². The zero-order chi connectivity index (χ0) is 23.0. The van der Waals surface area contributed by atoms with Crippen molar-refractivity contribution in [2.75, 3.05) is 26.2 Å². The van der Waals surface area contributed by atoms with Gasteiger partial charge in [-0.1, -0.05) is 25.4 Å². The zero-order valence-electron chi connectivity index (χ0n) is 18.6. The number of aromatic nitrogens is 1. The van der Waals surface area contributed by atoms with E-state index in [2.05, 4.69) is 18.8 Å². The number of hydrogen-bond acceptors (Lipinski definition) is 2. The van der Waals surface area contributed by atoms with Gasteiger partial charge in [-0.05, 0) is 68.5 Å². The highest BCUT2D eigenvalue weighted by Gasteiger charge is 2.41. The molecular weight excluding hydrogens is 439 g/mol. The van der Waals surface area contributed by atoms with Crippen LogP contribution in [0.15, 0.2) is 18.2 Å². The third-order valence-electron chi connectivity index (χ3n) is 6.92. The predicted octanol–water partition coefficient (Wildman–Crippen LogP) is 5.96. The molecule has 2 aliphatic rings. The van der Waals surface area contributed by atoms with Gasteiger partial charge in [0.15, 0.2) is 0 Å².